The Kier molecular flexibility index (Phi) is 5.68. The third-order valence-electron chi connectivity index (χ3n) is 2.64. The number of hydrogen-bond acceptors (Lipinski definition) is 4. The second kappa shape index (κ2) is 7.75. The Morgan fingerprint density at radius 1 is 1.25 bits per heavy atom. The Morgan fingerprint density at radius 2 is 2.05 bits per heavy atom. The maximum atomic E-state index is 11.3. The number of aromatic nitrogens is 2. The van der Waals surface area contributed by atoms with Gasteiger partial charge < -0.3 is 9.72 Å². The maximum absolute atomic E-state index is 11.3. The van der Waals surface area contributed by atoms with Crippen LogP contribution in [0.3, 0.4) is 0 Å². The van der Waals surface area contributed by atoms with Crippen molar-refractivity contribution in [1.29, 1.82) is 0 Å². The van der Waals surface area contributed by atoms with Crippen LogP contribution in [-0.2, 0) is 0 Å². The van der Waals surface area contributed by atoms with Gasteiger partial charge in [-0.2, -0.15) is 0 Å². The van der Waals surface area contributed by atoms with Crippen molar-refractivity contribution in [2.75, 3.05) is 12.4 Å². The van der Waals surface area contributed by atoms with E-state index in [2.05, 4.69) is 9.97 Å². The highest BCUT2D eigenvalue weighted by atomic mass is 32.2. The molecule has 0 spiro atoms. The minimum atomic E-state index is -0.0904. The second-order valence-electron chi connectivity index (χ2n) is 4.41. The molecule has 0 atom stereocenters. The van der Waals surface area contributed by atoms with E-state index in [4.69, 9.17) is 4.74 Å². The molecule has 5 heteroatoms. The van der Waals surface area contributed by atoms with Crippen molar-refractivity contribution in [2.45, 2.75) is 24.9 Å². The lowest BCUT2D eigenvalue weighted by atomic mass is 10.3. The lowest BCUT2D eigenvalue weighted by Gasteiger charge is -2.05. The molecule has 0 fully saturated rings. The molecule has 1 heterocycles. The number of benzene rings is 1. The summed E-state index contributed by atoms with van der Waals surface area (Å²) in [7, 11) is 0. The summed E-state index contributed by atoms with van der Waals surface area (Å²) >= 11 is 1.57. The van der Waals surface area contributed by atoms with Crippen LogP contribution in [-0.4, -0.2) is 22.3 Å². The van der Waals surface area contributed by atoms with Gasteiger partial charge in [0.2, 0.25) is 0 Å². The van der Waals surface area contributed by atoms with Gasteiger partial charge in [0.15, 0.2) is 5.16 Å². The molecule has 0 aliphatic carbocycles. The molecule has 0 unspecified atom stereocenters. The number of aryl methyl sites for hydroxylation is 1. The first kappa shape index (κ1) is 14.7. The van der Waals surface area contributed by atoms with Crippen molar-refractivity contribution < 1.29 is 4.74 Å². The van der Waals surface area contributed by atoms with Gasteiger partial charge in [0.1, 0.15) is 5.75 Å². The van der Waals surface area contributed by atoms with Crippen LogP contribution in [0, 0.1) is 6.92 Å². The molecular formula is C15H18N2O2S. The van der Waals surface area contributed by atoms with Crippen LogP contribution >= 0.6 is 11.8 Å². The Bertz CT molecular complexity index is 584. The van der Waals surface area contributed by atoms with E-state index in [1.807, 2.05) is 37.3 Å². The average Bonchev–Trinajstić information content (AvgIpc) is 2.43. The first-order valence-electron chi connectivity index (χ1n) is 6.62. The number of aromatic amines is 1. The van der Waals surface area contributed by atoms with E-state index in [-0.39, 0.29) is 5.56 Å². The third-order valence-corrected chi connectivity index (χ3v) is 3.60. The molecule has 1 aromatic carbocycles. The van der Waals surface area contributed by atoms with Gasteiger partial charge in [-0.25, -0.2) is 4.98 Å². The van der Waals surface area contributed by atoms with Crippen molar-refractivity contribution in [3.05, 3.63) is 52.4 Å². The fourth-order valence-corrected chi connectivity index (χ4v) is 2.62. The molecule has 0 aliphatic rings. The molecule has 20 heavy (non-hydrogen) atoms. The van der Waals surface area contributed by atoms with Crippen LogP contribution in [0.15, 0.2) is 46.3 Å². The minimum absolute atomic E-state index is 0.0904. The molecule has 2 rings (SSSR count). The second-order valence-corrected chi connectivity index (χ2v) is 5.49. The van der Waals surface area contributed by atoms with Crippen LogP contribution in [0.5, 0.6) is 5.75 Å². The Labute approximate surface area is 122 Å². The standard InChI is InChI=1S/C15H18N2O2S/c1-12-11-14(18)17-15(16-12)20-10-6-5-9-19-13-7-3-2-4-8-13/h2-4,7-8,11H,5-6,9-10H2,1H3,(H,16,17,18). The number of nitrogens with zero attached hydrogens (tertiary/aromatic N) is 1. The highest BCUT2D eigenvalue weighted by Gasteiger charge is 1.99. The van der Waals surface area contributed by atoms with E-state index in [9.17, 15) is 4.79 Å². The Morgan fingerprint density at radius 3 is 2.80 bits per heavy atom. The smallest absolute Gasteiger partial charge is 0.251 e. The summed E-state index contributed by atoms with van der Waals surface area (Å²) in [4.78, 5) is 18.3. The average molecular weight is 290 g/mol. The lowest BCUT2D eigenvalue weighted by molar-refractivity contribution is 0.310. The quantitative estimate of drug-likeness (QED) is 0.484. The van der Waals surface area contributed by atoms with Gasteiger partial charge in [0, 0.05) is 17.5 Å². The SMILES string of the molecule is Cc1cc(=O)[nH]c(SCCCCOc2ccccc2)n1. The summed E-state index contributed by atoms with van der Waals surface area (Å²) in [6.45, 7) is 2.54. The van der Waals surface area contributed by atoms with E-state index in [0.29, 0.717) is 11.8 Å². The third kappa shape index (κ3) is 5.09. The molecule has 1 aromatic heterocycles. The number of unbranched alkanes of at least 4 members (excludes halogenated alkanes) is 1. The summed E-state index contributed by atoms with van der Waals surface area (Å²) in [5.74, 6) is 1.83. The molecule has 0 bridgehead atoms. The zero-order valence-corrected chi connectivity index (χ0v) is 12.3. The minimum Gasteiger partial charge on any atom is -0.494 e. The fourth-order valence-electron chi connectivity index (χ4n) is 1.70. The highest BCUT2D eigenvalue weighted by Crippen LogP contribution is 2.14. The van der Waals surface area contributed by atoms with E-state index in [1.54, 1.807) is 11.8 Å². The van der Waals surface area contributed by atoms with Crippen LogP contribution in [0.25, 0.3) is 0 Å². The first-order chi connectivity index (χ1) is 9.74. The van der Waals surface area contributed by atoms with Gasteiger partial charge >= 0.3 is 0 Å². The first-order valence-corrected chi connectivity index (χ1v) is 7.61. The number of hydrogen-bond donors (Lipinski definition) is 1. The monoisotopic (exact) mass is 290 g/mol. The largest absolute Gasteiger partial charge is 0.494 e. The lowest BCUT2D eigenvalue weighted by Crippen LogP contribution is -2.08. The predicted octanol–water partition coefficient (Wildman–Crippen LogP) is 3.03. The number of ether oxygens (including phenoxy) is 1. The Hall–Kier alpha value is -1.75. The van der Waals surface area contributed by atoms with Crippen LogP contribution in [0.1, 0.15) is 18.5 Å². The molecule has 106 valence electrons. The molecule has 0 aliphatic heterocycles. The number of nitrogens with one attached hydrogen (secondary N) is 1. The summed E-state index contributed by atoms with van der Waals surface area (Å²) in [5.41, 5.74) is 0.663. The topological polar surface area (TPSA) is 55.0 Å². The van der Waals surface area contributed by atoms with Gasteiger partial charge in [-0.15, -0.1) is 0 Å². The van der Waals surface area contributed by atoms with Crippen molar-refractivity contribution in [3.63, 3.8) is 0 Å². The molecule has 1 N–H and O–H groups in total. The Balaban J connectivity index is 1.63. The van der Waals surface area contributed by atoms with Crippen molar-refractivity contribution in [2.24, 2.45) is 0 Å². The van der Waals surface area contributed by atoms with Crippen LogP contribution in [0.2, 0.25) is 0 Å². The molecule has 0 amide bonds. The van der Waals surface area contributed by atoms with E-state index in [1.165, 1.54) is 6.07 Å². The van der Waals surface area contributed by atoms with E-state index in [0.717, 1.165) is 30.0 Å². The fraction of sp³-hybridized carbons (Fsp3) is 0.333. The van der Waals surface area contributed by atoms with Gasteiger partial charge in [-0.3, -0.25) is 4.79 Å². The van der Waals surface area contributed by atoms with Gasteiger partial charge in [-0.05, 0) is 31.9 Å². The number of para-hydroxylation sites is 1. The van der Waals surface area contributed by atoms with Gasteiger partial charge in [0.25, 0.3) is 5.56 Å². The number of rotatable bonds is 7. The van der Waals surface area contributed by atoms with Gasteiger partial charge in [-0.1, -0.05) is 30.0 Å². The number of thioether (sulfide) groups is 1. The number of H-pyrrole nitrogens is 1. The van der Waals surface area contributed by atoms with Crippen molar-refractivity contribution in [1.82, 2.24) is 9.97 Å². The molecule has 0 saturated carbocycles. The zero-order chi connectivity index (χ0) is 14.2. The van der Waals surface area contributed by atoms with E-state index < -0.39 is 0 Å². The maximum Gasteiger partial charge on any atom is 0.251 e. The zero-order valence-electron chi connectivity index (χ0n) is 11.5. The van der Waals surface area contributed by atoms with Crippen molar-refractivity contribution in [3.8, 4) is 5.75 Å². The summed E-state index contributed by atoms with van der Waals surface area (Å²) in [5, 5.41) is 0.693. The molecular weight excluding hydrogens is 272 g/mol. The summed E-state index contributed by atoms with van der Waals surface area (Å²) < 4.78 is 5.61. The summed E-state index contributed by atoms with van der Waals surface area (Å²) in [6, 6.07) is 11.3. The van der Waals surface area contributed by atoms with Crippen LogP contribution < -0.4 is 10.3 Å². The van der Waals surface area contributed by atoms with Gasteiger partial charge in [0.05, 0.1) is 6.61 Å². The van der Waals surface area contributed by atoms with Crippen LogP contribution in [0.4, 0.5) is 0 Å². The highest BCUT2D eigenvalue weighted by molar-refractivity contribution is 7.99. The van der Waals surface area contributed by atoms with E-state index >= 15 is 0 Å². The molecule has 2 aromatic rings. The molecule has 0 radical (unpaired) electrons. The van der Waals surface area contributed by atoms with Crippen molar-refractivity contribution >= 4 is 11.8 Å². The predicted molar refractivity (Wildman–Crippen MR) is 81.5 cm³/mol. The molecule has 4 nitrogen and oxygen atoms in total. The summed E-state index contributed by atoms with van der Waals surface area (Å²) in [6.07, 6.45) is 2.01. The normalized spacial score (nSPS) is 10.4. The molecule has 0 saturated heterocycles.